The molecule has 0 radical (unpaired) electrons. The molecule has 0 bridgehead atoms. The Labute approximate surface area is 201 Å². The number of nitriles is 1. The maximum absolute atomic E-state index is 10.2. The van der Waals surface area contributed by atoms with Crippen molar-refractivity contribution in [3.05, 3.63) is 0 Å². The topological polar surface area (TPSA) is 23.8 Å². The van der Waals surface area contributed by atoms with E-state index in [1.54, 1.807) is 0 Å². The molecule has 2 unspecified atom stereocenters. The van der Waals surface area contributed by atoms with Crippen molar-refractivity contribution in [2.24, 2.45) is 28.6 Å². The minimum atomic E-state index is 0.0245. The molecule has 32 heavy (non-hydrogen) atoms. The Morgan fingerprint density at radius 3 is 2.00 bits per heavy atom. The van der Waals surface area contributed by atoms with Gasteiger partial charge in [-0.15, -0.1) is 0 Å². The van der Waals surface area contributed by atoms with Crippen LogP contribution < -0.4 is 0 Å². The summed E-state index contributed by atoms with van der Waals surface area (Å²) in [6, 6.07) is 2.87. The van der Waals surface area contributed by atoms with Crippen LogP contribution in [0.5, 0.6) is 0 Å². The fourth-order valence-corrected chi connectivity index (χ4v) is 8.31. The highest BCUT2D eigenvalue weighted by Gasteiger charge is 2.44. The third kappa shape index (κ3) is 7.00. The predicted molar refractivity (Wildman–Crippen MR) is 138 cm³/mol. The van der Waals surface area contributed by atoms with Crippen LogP contribution in [-0.2, 0) is 0 Å². The van der Waals surface area contributed by atoms with Crippen LogP contribution in [0, 0.1) is 39.9 Å². The first-order valence-electron chi connectivity index (χ1n) is 15.1. The van der Waals surface area contributed by atoms with E-state index in [0.29, 0.717) is 5.41 Å². The Morgan fingerprint density at radius 2 is 1.31 bits per heavy atom. The van der Waals surface area contributed by atoms with Gasteiger partial charge < -0.3 is 0 Å². The lowest BCUT2D eigenvalue weighted by molar-refractivity contribution is 0.0246. The lowest BCUT2D eigenvalue weighted by Crippen LogP contribution is -2.38. The fraction of sp³-hybridized carbons (Fsp3) is 0.968. The normalized spacial score (nSPS) is 33.0. The average Bonchev–Trinajstić information content (AvgIpc) is 2.85. The quantitative estimate of drug-likeness (QED) is 0.276. The van der Waals surface area contributed by atoms with Crippen molar-refractivity contribution in [1.82, 2.24) is 0 Å². The second-order valence-electron chi connectivity index (χ2n) is 12.4. The van der Waals surface area contributed by atoms with Gasteiger partial charge in [-0.2, -0.15) is 5.26 Å². The van der Waals surface area contributed by atoms with Crippen LogP contribution in [0.15, 0.2) is 0 Å². The molecule has 3 rings (SSSR count). The second kappa shape index (κ2) is 13.4. The molecular formula is C31H55N. The van der Waals surface area contributed by atoms with Crippen molar-refractivity contribution in [3.8, 4) is 6.07 Å². The molecule has 1 nitrogen and oxygen atoms in total. The van der Waals surface area contributed by atoms with E-state index >= 15 is 0 Å². The minimum absolute atomic E-state index is 0.0245. The molecule has 3 fully saturated rings. The van der Waals surface area contributed by atoms with E-state index in [0.717, 1.165) is 17.8 Å². The number of unbranched alkanes of at least 4 members (excludes halogenated alkanes) is 6. The van der Waals surface area contributed by atoms with Crippen LogP contribution in [0.25, 0.3) is 0 Å². The molecule has 0 aromatic rings. The van der Waals surface area contributed by atoms with Crippen LogP contribution in [0.2, 0.25) is 0 Å². The van der Waals surface area contributed by atoms with Crippen molar-refractivity contribution in [2.75, 3.05) is 0 Å². The summed E-state index contributed by atoms with van der Waals surface area (Å²) < 4.78 is 0. The van der Waals surface area contributed by atoms with Crippen molar-refractivity contribution in [2.45, 2.75) is 162 Å². The summed E-state index contributed by atoms with van der Waals surface area (Å²) in [6.07, 6.45) is 32.3. The van der Waals surface area contributed by atoms with Crippen LogP contribution >= 0.6 is 0 Å². The van der Waals surface area contributed by atoms with Gasteiger partial charge in [-0.05, 0) is 87.4 Å². The minimum Gasteiger partial charge on any atom is -0.198 e. The lowest BCUT2D eigenvalue weighted by Gasteiger charge is -2.49. The van der Waals surface area contributed by atoms with E-state index in [1.807, 2.05) is 0 Å². The number of rotatable bonds is 12. The molecule has 3 aliphatic carbocycles. The molecule has 0 spiro atoms. The van der Waals surface area contributed by atoms with Gasteiger partial charge in [0.05, 0.1) is 11.5 Å². The van der Waals surface area contributed by atoms with E-state index < -0.39 is 0 Å². The highest BCUT2D eigenvalue weighted by molar-refractivity contribution is 5.03. The van der Waals surface area contributed by atoms with Crippen LogP contribution in [0.3, 0.4) is 0 Å². The zero-order valence-corrected chi connectivity index (χ0v) is 21.9. The van der Waals surface area contributed by atoms with E-state index in [4.69, 9.17) is 0 Å². The summed E-state index contributed by atoms with van der Waals surface area (Å²) in [5.41, 5.74) is 0.733. The molecule has 184 valence electrons. The first-order valence-corrected chi connectivity index (χ1v) is 15.1. The van der Waals surface area contributed by atoms with Crippen molar-refractivity contribution in [1.29, 1.82) is 5.26 Å². The standard InChI is InChI=1S/C31H55N/c1-3-5-7-8-11-20-30(26-32)21-14-15-28(25-30)27-16-18-29(19-17-27)31(22-10-6-4-2)23-12-9-13-24-31/h27-29H,3-25H2,1-2H3/t27-,28?,29-,30?. The van der Waals surface area contributed by atoms with Crippen LogP contribution in [0.1, 0.15) is 162 Å². The molecule has 0 amide bonds. The Morgan fingerprint density at radius 1 is 0.656 bits per heavy atom. The van der Waals surface area contributed by atoms with Gasteiger partial charge in [-0.25, -0.2) is 0 Å². The Hall–Kier alpha value is -0.510. The number of nitrogens with zero attached hydrogens (tertiary/aromatic N) is 1. The van der Waals surface area contributed by atoms with Gasteiger partial charge in [-0.1, -0.05) is 97.3 Å². The highest BCUT2D eigenvalue weighted by atomic mass is 14.5. The molecule has 0 aromatic heterocycles. The van der Waals surface area contributed by atoms with Crippen molar-refractivity contribution < 1.29 is 0 Å². The number of hydrogen-bond donors (Lipinski definition) is 0. The largest absolute Gasteiger partial charge is 0.198 e. The molecule has 0 N–H and O–H groups in total. The summed E-state index contributed by atoms with van der Waals surface area (Å²) in [6.45, 7) is 4.65. The van der Waals surface area contributed by atoms with Crippen LogP contribution in [0.4, 0.5) is 0 Å². The molecule has 0 saturated heterocycles. The van der Waals surface area contributed by atoms with Gasteiger partial charge in [0.15, 0.2) is 0 Å². The van der Waals surface area contributed by atoms with E-state index in [1.165, 1.54) is 148 Å². The fourth-order valence-electron chi connectivity index (χ4n) is 8.31. The molecule has 2 atom stereocenters. The molecular weight excluding hydrogens is 386 g/mol. The summed E-state index contributed by atoms with van der Waals surface area (Å²) in [7, 11) is 0. The monoisotopic (exact) mass is 441 g/mol. The molecule has 0 aliphatic heterocycles. The van der Waals surface area contributed by atoms with E-state index in [2.05, 4.69) is 19.9 Å². The third-order valence-electron chi connectivity index (χ3n) is 10.3. The Bertz CT molecular complexity index is 545. The molecule has 0 heterocycles. The maximum Gasteiger partial charge on any atom is 0.0689 e. The summed E-state index contributed by atoms with van der Waals surface area (Å²) >= 11 is 0. The summed E-state index contributed by atoms with van der Waals surface area (Å²) in [5.74, 6) is 2.79. The summed E-state index contributed by atoms with van der Waals surface area (Å²) in [4.78, 5) is 0. The zero-order chi connectivity index (χ0) is 22.7. The maximum atomic E-state index is 10.2. The smallest absolute Gasteiger partial charge is 0.0689 e. The molecule has 3 saturated carbocycles. The second-order valence-corrected chi connectivity index (χ2v) is 12.4. The van der Waals surface area contributed by atoms with E-state index in [-0.39, 0.29) is 5.41 Å². The average molecular weight is 442 g/mol. The zero-order valence-electron chi connectivity index (χ0n) is 21.9. The highest BCUT2D eigenvalue weighted by Crippen LogP contribution is 2.54. The summed E-state index contributed by atoms with van der Waals surface area (Å²) in [5, 5.41) is 10.2. The van der Waals surface area contributed by atoms with Gasteiger partial charge in [0.25, 0.3) is 0 Å². The first kappa shape index (κ1) is 26.1. The third-order valence-corrected chi connectivity index (χ3v) is 10.3. The van der Waals surface area contributed by atoms with Crippen LogP contribution in [-0.4, -0.2) is 0 Å². The van der Waals surface area contributed by atoms with Gasteiger partial charge in [0.1, 0.15) is 0 Å². The van der Waals surface area contributed by atoms with Gasteiger partial charge >= 0.3 is 0 Å². The van der Waals surface area contributed by atoms with Crippen molar-refractivity contribution >= 4 is 0 Å². The molecule has 1 heteroatoms. The SMILES string of the molecule is CCCCCCCC1(C#N)CCCC([C@H]2CC[C@H](C3(CCCCC)CCCCC3)CC2)C1. The predicted octanol–water partition coefficient (Wildman–Crippen LogP) is 10.4. The van der Waals surface area contributed by atoms with Gasteiger partial charge in [0, 0.05) is 0 Å². The number of hydrogen-bond acceptors (Lipinski definition) is 1. The van der Waals surface area contributed by atoms with Gasteiger partial charge in [-0.3, -0.25) is 0 Å². The Balaban J connectivity index is 1.51. The lowest BCUT2D eigenvalue weighted by atomic mass is 9.56. The first-order chi connectivity index (χ1) is 15.7. The van der Waals surface area contributed by atoms with E-state index in [9.17, 15) is 5.26 Å². The Kier molecular flexibility index (Phi) is 10.9. The van der Waals surface area contributed by atoms with Gasteiger partial charge in [0.2, 0.25) is 0 Å². The molecule has 0 aromatic carbocycles. The molecule has 3 aliphatic rings. The van der Waals surface area contributed by atoms with Crippen molar-refractivity contribution in [3.63, 3.8) is 0 Å².